The van der Waals surface area contributed by atoms with E-state index in [0.29, 0.717) is 18.8 Å². The summed E-state index contributed by atoms with van der Waals surface area (Å²) in [5, 5.41) is 19.8. The van der Waals surface area contributed by atoms with Crippen molar-refractivity contribution in [3.05, 3.63) is 0 Å². The van der Waals surface area contributed by atoms with Crippen molar-refractivity contribution in [2.24, 2.45) is 11.3 Å². The molecule has 0 saturated heterocycles. The first-order valence-electron chi connectivity index (χ1n) is 8.05. The zero-order valence-corrected chi connectivity index (χ0v) is 13.1. The predicted molar refractivity (Wildman–Crippen MR) is 78.8 cm³/mol. The number of ether oxygens (including phenoxy) is 1. The Morgan fingerprint density at radius 2 is 1.90 bits per heavy atom. The van der Waals surface area contributed by atoms with Crippen LogP contribution in [0.25, 0.3) is 0 Å². The summed E-state index contributed by atoms with van der Waals surface area (Å²) in [4.78, 5) is 23.8. The molecular weight excluding hydrogens is 272 g/mol. The normalized spacial score (nSPS) is 20.0. The van der Waals surface area contributed by atoms with Crippen LogP contribution in [0.4, 0.5) is 0 Å². The Kier molecular flexibility index (Phi) is 7.15. The van der Waals surface area contributed by atoms with Gasteiger partial charge in [0.25, 0.3) is 0 Å². The minimum absolute atomic E-state index is 0.0501. The Labute approximate surface area is 126 Å². The van der Waals surface area contributed by atoms with Gasteiger partial charge in [0.1, 0.15) is 0 Å². The molecular formula is C16H28O5. The molecule has 2 atom stereocenters. The van der Waals surface area contributed by atoms with E-state index >= 15 is 0 Å². The number of aliphatic carboxylic acids is 1. The molecule has 0 radical (unpaired) electrons. The minimum atomic E-state index is -1.61. The summed E-state index contributed by atoms with van der Waals surface area (Å²) in [6, 6.07) is 0. The smallest absolute Gasteiger partial charge is 0.323 e. The monoisotopic (exact) mass is 300 g/mol. The van der Waals surface area contributed by atoms with Crippen LogP contribution < -0.4 is 0 Å². The van der Waals surface area contributed by atoms with Crippen LogP contribution in [0.3, 0.4) is 0 Å². The van der Waals surface area contributed by atoms with Gasteiger partial charge in [-0.05, 0) is 25.7 Å². The van der Waals surface area contributed by atoms with Crippen LogP contribution in [0.5, 0.6) is 0 Å². The molecule has 0 amide bonds. The summed E-state index contributed by atoms with van der Waals surface area (Å²) in [5.74, 6) is -1.45. The van der Waals surface area contributed by atoms with Crippen LogP contribution in [0, 0.1) is 11.3 Å². The van der Waals surface area contributed by atoms with Crippen LogP contribution in [-0.2, 0) is 14.3 Å². The van der Waals surface area contributed by atoms with Crippen molar-refractivity contribution in [1.29, 1.82) is 0 Å². The topological polar surface area (TPSA) is 83.8 Å². The van der Waals surface area contributed by atoms with Gasteiger partial charge in [0.05, 0.1) is 12.7 Å². The van der Waals surface area contributed by atoms with E-state index < -0.39 is 23.5 Å². The molecule has 1 fully saturated rings. The fourth-order valence-corrected chi connectivity index (χ4v) is 3.38. The fourth-order valence-electron chi connectivity index (χ4n) is 3.38. The number of carbonyl (C=O) groups excluding carboxylic acids is 1. The zero-order chi connectivity index (χ0) is 15.9. The summed E-state index contributed by atoms with van der Waals surface area (Å²) in [6.45, 7) is 3.64. The van der Waals surface area contributed by atoms with E-state index in [9.17, 15) is 19.8 Å². The van der Waals surface area contributed by atoms with Crippen molar-refractivity contribution in [1.82, 2.24) is 0 Å². The third-order valence-corrected chi connectivity index (χ3v) is 4.42. The van der Waals surface area contributed by atoms with Crippen LogP contribution in [0.1, 0.15) is 65.2 Å². The van der Waals surface area contributed by atoms with Gasteiger partial charge in [-0.15, -0.1) is 0 Å². The SMILES string of the molecule is CCCC(CC(O)CC1CCCC1)(C(=O)O)C(=O)OCC. The van der Waals surface area contributed by atoms with E-state index in [-0.39, 0.29) is 19.4 Å². The number of carboxylic acid groups (broad SMARTS) is 1. The van der Waals surface area contributed by atoms with Gasteiger partial charge >= 0.3 is 11.9 Å². The van der Waals surface area contributed by atoms with Gasteiger partial charge in [-0.25, -0.2) is 0 Å². The summed E-state index contributed by atoms with van der Waals surface area (Å²) in [5.41, 5.74) is -1.61. The van der Waals surface area contributed by atoms with Gasteiger partial charge in [0.2, 0.25) is 0 Å². The second kappa shape index (κ2) is 8.37. The molecule has 0 aromatic carbocycles. The molecule has 1 aliphatic carbocycles. The zero-order valence-electron chi connectivity index (χ0n) is 13.1. The molecule has 0 aromatic rings. The average molecular weight is 300 g/mol. The number of carbonyl (C=O) groups is 2. The molecule has 122 valence electrons. The average Bonchev–Trinajstić information content (AvgIpc) is 2.90. The number of aliphatic hydroxyl groups excluding tert-OH is 1. The molecule has 0 aliphatic heterocycles. The van der Waals surface area contributed by atoms with Crippen LogP contribution in [0.2, 0.25) is 0 Å². The van der Waals surface area contributed by atoms with Gasteiger partial charge in [0.15, 0.2) is 5.41 Å². The summed E-state index contributed by atoms with van der Waals surface area (Å²) < 4.78 is 4.96. The maximum atomic E-state index is 12.2. The summed E-state index contributed by atoms with van der Waals surface area (Å²) >= 11 is 0. The Bertz CT molecular complexity index is 349. The van der Waals surface area contributed by atoms with E-state index in [1.807, 2.05) is 6.92 Å². The molecule has 1 rings (SSSR count). The van der Waals surface area contributed by atoms with Gasteiger partial charge in [-0.3, -0.25) is 9.59 Å². The highest BCUT2D eigenvalue weighted by molar-refractivity contribution is 5.99. The van der Waals surface area contributed by atoms with Crippen molar-refractivity contribution in [3.8, 4) is 0 Å². The van der Waals surface area contributed by atoms with Gasteiger partial charge in [0, 0.05) is 6.42 Å². The third kappa shape index (κ3) is 4.70. The number of hydrogen-bond donors (Lipinski definition) is 2. The lowest BCUT2D eigenvalue weighted by atomic mass is 9.77. The fraction of sp³-hybridized carbons (Fsp3) is 0.875. The molecule has 0 bridgehead atoms. The Morgan fingerprint density at radius 1 is 1.29 bits per heavy atom. The number of aliphatic hydroxyl groups is 1. The maximum absolute atomic E-state index is 12.2. The highest BCUT2D eigenvalue weighted by Crippen LogP contribution is 2.36. The third-order valence-electron chi connectivity index (χ3n) is 4.42. The van der Waals surface area contributed by atoms with Crippen molar-refractivity contribution < 1.29 is 24.5 Å². The highest BCUT2D eigenvalue weighted by Gasteiger charge is 2.48. The standard InChI is InChI=1S/C16H28O5/c1-3-9-16(14(18)19,15(20)21-4-2)11-13(17)10-12-7-5-6-8-12/h12-13,17H,3-11H2,1-2H3,(H,18,19). The first-order valence-corrected chi connectivity index (χ1v) is 8.05. The number of esters is 1. The molecule has 1 aliphatic rings. The Balaban J connectivity index is 2.78. The molecule has 1 saturated carbocycles. The lowest BCUT2D eigenvalue weighted by molar-refractivity contribution is -0.172. The van der Waals surface area contributed by atoms with Crippen LogP contribution >= 0.6 is 0 Å². The predicted octanol–water partition coefficient (Wildman–Crippen LogP) is 2.75. The van der Waals surface area contributed by atoms with E-state index in [0.717, 1.165) is 12.8 Å². The number of hydrogen-bond acceptors (Lipinski definition) is 4. The van der Waals surface area contributed by atoms with E-state index in [1.54, 1.807) is 6.92 Å². The second-order valence-electron chi connectivity index (χ2n) is 6.10. The molecule has 0 heterocycles. The molecule has 2 N–H and O–H groups in total. The van der Waals surface area contributed by atoms with Crippen molar-refractivity contribution in [3.63, 3.8) is 0 Å². The first-order chi connectivity index (χ1) is 9.96. The van der Waals surface area contributed by atoms with E-state index in [4.69, 9.17) is 4.74 Å². The lowest BCUT2D eigenvalue weighted by Crippen LogP contribution is -2.43. The minimum Gasteiger partial charge on any atom is -0.480 e. The summed E-state index contributed by atoms with van der Waals surface area (Å²) in [6.07, 6.45) is 5.05. The number of rotatable bonds is 9. The molecule has 5 heteroatoms. The van der Waals surface area contributed by atoms with Crippen molar-refractivity contribution in [2.75, 3.05) is 6.61 Å². The Morgan fingerprint density at radius 3 is 2.38 bits per heavy atom. The molecule has 0 spiro atoms. The van der Waals surface area contributed by atoms with Crippen LogP contribution in [-0.4, -0.2) is 34.9 Å². The molecule has 5 nitrogen and oxygen atoms in total. The first kappa shape index (κ1) is 18.0. The van der Waals surface area contributed by atoms with Gasteiger partial charge < -0.3 is 14.9 Å². The quantitative estimate of drug-likeness (QED) is 0.505. The van der Waals surface area contributed by atoms with Crippen molar-refractivity contribution >= 4 is 11.9 Å². The molecule has 0 aromatic heterocycles. The van der Waals surface area contributed by atoms with E-state index in [1.165, 1.54) is 12.8 Å². The highest BCUT2D eigenvalue weighted by atomic mass is 16.5. The lowest BCUT2D eigenvalue weighted by Gasteiger charge is -2.29. The maximum Gasteiger partial charge on any atom is 0.323 e. The van der Waals surface area contributed by atoms with Crippen molar-refractivity contribution in [2.45, 2.75) is 71.3 Å². The summed E-state index contributed by atoms with van der Waals surface area (Å²) in [7, 11) is 0. The molecule has 21 heavy (non-hydrogen) atoms. The largest absolute Gasteiger partial charge is 0.480 e. The number of carboxylic acids is 1. The van der Waals surface area contributed by atoms with E-state index in [2.05, 4.69) is 0 Å². The van der Waals surface area contributed by atoms with Gasteiger partial charge in [-0.1, -0.05) is 39.0 Å². The molecule has 2 unspecified atom stereocenters. The Hall–Kier alpha value is -1.10. The van der Waals surface area contributed by atoms with Gasteiger partial charge in [-0.2, -0.15) is 0 Å². The van der Waals surface area contributed by atoms with Crippen LogP contribution in [0.15, 0.2) is 0 Å². The second-order valence-corrected chi connectivity index (χ2v) is 6.10.